The summed E-state index contributed by atoms with van der Waals surface area (Å²) in [5, 5.41) is 18.4. The van der Waals surface area contributed by atoms with Crippen molar-refractivity contribution in [3.8, 4) is 11.4 Å². The van der Waals surface area contributed by atoms with Gasteiger partial charge in [0.25, 0.3) is 11.5 Å². The number of carbonyl (C=O) groups is 3. The number of aryl methyl sites for hydroxylation is 1. The SMILES string of the molecule is Cc1ccc(NC(=O)Cn2c3c(c(=O)n4nc(-c5ccc(N6CCN(C(=O)N(C)C)CC6)cc5)nc24)C2(CC3)CCN(C(=O)C3=NCCC=C3O)CC2)c(Cl)c1. The third-order valence-electron chi connectivity index (χ3n) is 11.5. The number of nitrogens with zero attached hydrogens (tertiary/aromatic N) is 9. The number of amides is 4. The van der Waals surface area contributed by atoms with Crippen LogP contribution in [0.4, 0.5) is 16.2 Å². The Morgan fingerprint density at radius 2 is 1.70 bits per heavy atom. The number of nitrogens with one attached hydrogen (secondary N) is 1. The highest BCUT2D eigenvalue weighted by atomic mass is 35.5. The fourth-order valence-electron chi connectivity index (χ4n) is 8.50. The van der Waals surface area contributed by atoms with Gasteiger partial charge >= 0.3 is 6.03 Å². The Morgan fingerprint density at radius 1 is 0.964 bits per heavy atom. The molecule has 2 saturated heterocycles. The number of aliphatic imine (C=N–C) groups is 1. The minimum atomic E-state index is -0.531. The van der Waals surface area contributed by atoms with Crippen molar-refractivity contribution in [2.45, 2.75) is 51.0 Å². The summed E-state index contributed by atoms with van der Waals surface area (Å²) in [4.78, 5) is 70.6. The van der Waals surface area contributed by atoms with Gasteiger partial charge in [-0.2, -0.15) is 9.50 Å². The molecule has 1 spiro atoms. The number of fused-ring (bicyclic) bond motifs is 3. The van der Waals surface area contributed by atoms with E-state index in [2.05, 4.69) is 15.2 Å². The molecule has 0 saturated carbocycles. The lowest BCUT2D eigenvalue weighted by Gasteiger charge is -2.39. The van der Waals surface area contributed by atoms with E-state index < -0.39 is 5.41 Å². The molecule has 3 aliphatic heterocycles. The van der Waals surface area contributed by atoms with E-state index >= 15 is 0 Å². The first-order valence-corrected chi connectivity index (χ1v) is 19.4. The van der Waals surface area contributed by atoms with Gasteiger partial charge in [-0.3, -0.25) is 19.4 Å². The molecule has 56 heavy (non-hydrogen) atoms. The molecule has 5 heterocycles. The predicted molar refractivity (Wildman–Crippen MR) is 214 cm³/mol. The van der Waals surface area contributed by atoms with E-state index in [1.165, 1.54) is 4.52 Å². The summed E-state index contributed by atoms with van der Waals surface area (Å²) in [7, 11) is 3.51. The molecule has 2 N–H and O–H groups in total. The van der Waals surface area contributed by atoms with Gasteiger partial charge in [-0.05, 0) is 87.1 Å². The largest absolute Gasteiger partial charge is 0.506 e. The molecule has 0 bridgehead atoms. The molecule has 1 aliphatic carbocycles. The van der Waals surface area contributed by atoms with Crippen LogP contribution in [0.3, 0.4) is 0 Å². The summed E-state index contributed by atoms with van der Waals surface area (Å²) < 4.78 is 3.12. The zero-order chi connectivity index (χ0) is 39.3. The molecule has 4 aromatic rings. The van der Waals surface area contributed by atoms with E-state index in [1.807, 2.05) is 42.2 Å². The predicted octanol–water partition coefficient (Wildman–Crippen LogP) is 4.06. The molecular formula is C40H45ClN10O5. The Morgan fingerprint density at radius 3 is 2.38 bits per heavy atom. The highest BCUT2D eigenvalue weighted by Crippen LogP contribution is 2.45. The zero-order valence-electron chi connectivity index (χ0n) is 31.8. The molecule has 4 amide bonds. The molecular weight excluding hydrogens is 736 g/mol. The molecule has 2 aromatic heterocycles. The van der Waals surface area contributed by atoms with Gasteiger partial charge in [0, 0.05) is 87.8 Å². The molecule has 0 atom stereocenters. The average Bonchev–Trinajstić information content (AvgIpc) is 3.81. The van der Waals surface area contributed by atoms with Crippen LogP contribution in [0.5, 0.6) is 0 Å². The van der Waals surface area contributed by atoms with Gasteiger partial charge in [-0.1, -0.05) is 17.7 Å². The van der Waals surface area contributed by atoms with Crippen molar-refractivity contribution >= 4 is 52.3 Å². The number of hydrogen-bond acceptors (Lipinski definition) is 9. The zero-order valence-corrected chi connectivity index (χ0v) is 32.6. The smallest absolute Gasteiger partial charge is 0.319 e. The van der Waals surface area contributed by atoms with Crippen LogP contribution in [-0.4, -0.2) is 122 Å². The number of rotatable bonds is 6. The van der Waals surface area contributed by atoms with Gasteiger partial charge in [-0.25, -0.2) is 4.79 Å². The van der Waals surface area contributed by atoms with Crippen LogP contribution in [0.2, 0.25) is 5.02 Å². The monoisotopic (exact) mass is 780 g/mol. The first kappa shape index (κ1) is 37.2. The maximum atomic E-state index is 14.6. The number of dihydropyridines is 1. The summed E-state index contributed by atoms with van der Waals surface area (Å²) in [5.41, 5.74) is 3.80. The number of piperidine rings is 1. The Bertz CT molecular complexity index is 2350. The van der Waals surface area contributed by atoms with Crippen molar-refractivity contribution in [1.29, 1.82) is 0 Å². The van der Waals surface area contributed by atoms with Crippen LogP contribution < -0.4 is 15.8 Å². The Hall–Kier alpha value is -5.70. The summed E-state index contributed by atoms with van der Waals surface area (Å²) in [6.07, 6.45) is 4.51. The van der Waals surface area contributed by atoms with Crippen molar-refractivity contribution < 1.29 is 19.5 Å². The van der Waals surface area contributed by atoms with Crippen molar-refractivity contribution in [2.24, 2.45) is 4.99 Å². The van der Waals surface area contributed by atoms with E-state index in [0.717, 1.165) is 16.9 Å². The van der Waals surface area contributed by atoms with Gasteiger partial charge in [-0.15, -0.1) is 5.10 Å². The molecule has 0 radical (unpaired) electrons. The van der Waals surface area contributed by atoms with Crippen LogP contribution in [0, 0.1) is 6.92 Å². The second kappa shape index (κ2) is 14.8. The quantitative estimate of drug-likeness (QED) is 0.297. The number of benzene rings is 2. The number of halogens is 1. The van der Waals surface area contributed by atoms with E-state index in [9.17, 15) is 24.3 Å². The van der Waals surface area contributed by atoms with Crippen molar-refractivity contribution in [1.82, 2.24) is 33.9 Å². The molecule has 8 rings (SSSR count). The van der Waals surface area contributed by atoms with Gasteiger partial charge in [0.15, 0.2) is 11.5 Å². The van der Waals surface area contributed by atoms with Crippen LogP contribution in [-0.2, 0) is 28.0 Å². The average molecular weight is 781 g/mol. The maximum absolute atomic E-state index is 14.6. The molecule has 4 aliphatic rings. The molecule has 15 nitrogen and oxygen atoms in total. The van der Waals surface area contributed by atoms with Gasteiger partial charge in [0.2, 0.25) is 11.7 Å². The Labute approximate surface area is 328 Å². The summed E-state index contributed by atoms with van der Waals surface area (Å²) in [6.45, 7) is 5.70. The summed E-state index contributed by atoms with van der Waals surface area (Å²) in [5.74, 6) is -0.102. The van der Waals surface area contributed by atoms with E-state index in [-0.39, 0.29) is 47.2 Å². The third kappa shape index (κ3) is 6.77. The minimum Gasteiger partial charge on any atom is -0.506 e. The highest BCUT2D eigenvalue weighted by Gasteiger charge is 2.46. The topological polar surface area (TPSA) is 161 Å². The number of aromatic nitrogens is 4. The van der Waals surface area contributed by atoms with Gasteiger partial charge in [0.1, 0.15) is 12.3 Å². The number of aliphatic hydroxyl groups excluding tert-OH is 1. The number of aliphatic hydroxyl groups is 1. The maximum Gasteiger partial charge on any atom is 0.319 e. The highest BCUT2D eigenvalue weighted by molar-refractivity contribution is 6.44. The number of carbonyl (C=O) groups excluding carboxylic acids is 3. The van der Waals surface area contributed by atoms with Crippen molar-refractivity contribution in [3.63, 3.8) is 0 Å². The number of hydrogen-bond donors (Lipinski definition) is 2. The van der Waals surface area contributed by atoms with E-state index in [1.54, 1.807) is 46.7 Å². The van der Waals surface area contributed by atoms with Crippen LogP contribution in [0.25, 0.3) is 17.2 Å². The number of likely N-dealkylation sites (tertiary alicyclic amines) is 1. The number of urea groups is 1. The lowest BCUT2D eigenvalue weighted by Crippen LogP contribution is -2.51. The van der Waals surface area contributed by atoms with Crippen LogP contribution in [0.15, 0.2) is 64.1 Å². The first-order chi connectivity index (χ1) is 26.9. The van der Waals surface area contributed by atoms with E-state index in [4.69, 9.17) is 21.7 Å². The molecule has 16 heteroatoms. The Kier molecular flexibility index (Phi) is 9.81. The molecule has 2 fully saturated rings. The normalized spacial score (nSPS) is 17.8. The standard InChI is InChI=1S/C40H45ClN10O5/c1-25-6-11-29(28(41)23-25)43-32(53)24-50-30-12-13-40(14-17-48(18-15-40)37(55)34-31(52)5-4-16-42-34)33(30)36(54)51-38(50)44-35(45-51)26-7-9-27(10-8-26)47-19-21-49(22-20-47)39(56)46(2)3/h5-11,23,52H,4,12-22,24H2,1-3H3,(H,43,53). The molecule has 0 unspecified atom stereocenters. The molecule has 2 aromatic carbocycles. The van der Waals surface area contributed by atoms with Gasteiger partial charge in [0.05, 0.1) is 10.7 Å². The number of anilines is 2. The summed E-state index contributed by atoms with van der Waals surface area (Å²) >= 11 is 6.48. The third-order valence-corrected chi connectivity index (χ3v) is 11.8. The first-order valence-electron chi connectivity index (χ1n) is 19.1. The second-order valence-corrected chi connectivity index (χ2v) is 15.7. The lowest BCUT2D eigenvalue weighted by atomic mass is 9.74. The summed E-state index contributed by atoms with van der Waals surface area (Å²) in [6, 6.07) is 13.3. The molecule has 292 valence electrons. The van der Waals surface area contributed by atoms with Crippen molar-refractivity contribution in [3.05, 3.63) is 86.5 Å². The van der Waals surface area contributed by atoms with Crippen LogP contribution in [0.1, 0.15) is 42.5 Å². The lowest BCUT2D eigenvalue weighted by molar-refractivity contribution is -0.125. The van der Waals surface area contributed by atoms with Crippen molar-refractivity contribution in [2.75, 3.05) is 70.1 Å². The fourth-order valence-corrected chi connectivity index (χ4v) is 8.78. The minimum absolute atomic E-state index is 0.00526. The fraction of sp³-hybridized carbons (Fsp3) is 0.425. The van der Waals surface area contributed by atoms with E-state index in [0.29, 0.717) is 106 Å². The number of piperazine rings is 1. The Balaban J connectivity index is 1.10. The van der Waals surface area contributed by atoms with Crippen LogP contribution >= 0.6 is 11.6 Å². The van der Waals surface area contributed by atoms with Gasteiger partial charge < -0.3 is 34.6 Å². The second-order valence-electron chi connectivity index (χ2n) is 15.3.